The van der Waals surface area contributed by atoms with Gasteiger partial charge >= 0.3 is 0 Å². The number of fused-ring (bicyclic) bond motifs is 3. The van der Waals surface area contributed by atoms with Crippen molar-refractivity contribution in [1.82, 2.24) is 0 Å². The first-order valence-electron chi connectivity index (χ1n) is 4.75. The van der Waals surface area contributed by atoms with Gasteiger partial charge in [-0.05, 0) is 47.3 Å². The van der Waals surface area contributed by atoms with Gasteiger partial charge in [0.2, 0.25) is 0 Å². The molecule has 4 rings (SSSR count). The summed E-state index contributed by atoms with van der Waals surface area (Å²) in [5.41, 5.74) is 1.94. The molecule has 0 radical (unpaired) electrons. The average Bonchev–Trinajstić information content (AvgIpc) is 2.66. The van der Waals surface area contributed by atoms with Gasteiger partial charge in [0.15, 0.2) is 0 Å². The maximum Gasteiger partial charge on any atom is -0.0173 e. The number of hydrogen-bond acceptors (Lipinski definition) is 0. The Labute approximate surface area is 62.0 Å². The lowest BCUT2D eigenvalue weighted by atomic mass is 9.91. The van der Waals surface area contributed by atoms with Crippen molar-refractivity contribution in [2.24, 2.45) is 34.5 Å². The van der Waals surface area contributed by atoms with E-state index in [1.165, 1.54) is 11.8 Å². The normalized spacial score (nSPS) is 87.0. The second-order valence-corrected chi connectivity index (χ2v) is 5.28. The molecule has 10 heavy (non-hydrogen) atoms. The molecule has 0 N–H and O–H groups in total. The molecule has 54 valence electrons. The minimum atomic E-state index is 0.969. The van der Waals surface area contributed by atoms with Crippen LogP contribution >= 0.6 is 0 Å². The molecule has 0 aromatic heterocycles. The molecule has 6 atom stereocenters. The van der Waals surface area contributed by atoms with Crippen molar-refractivity contribution in [2.45, 2.75) is 26.7 Å². The van der Waals surface area contributed by atoms with Crippen molar-refractivity contribution in [3.8, 4) is 0 Å². The first kappa shape index (κ1) is 4.79. The smallest absolute Gasteiger partial charge is 0.0173 e. The van der Waals surface area contributed by atoms with Crippen molar-refractivity contribution in [3.05, 3.63) is 0 Å². The van der Waals surface area contributed by atoms with Crippen LogP contribution in [0.25, 0.3) is 0 Å². The largest absolute Gasteiger partial charge is 0.0617 e. The second-order valence-electron chi connectivity index (χ2n) is 5.28. The Kier molecular flexibility index (Phi) is 0.408. The van der Waals surface area contributed by atoms with Gasteiger partial charge in [0.05, 0.1) is 0 Å². The Bertz CT molecular complexity index is 206. The van der Waals surface area contributed by atoms with Gasteiger partial charge in [-0.2, -0.15) is 0 Å². The molecular formula is C10H14. The molecule has 4 aliphatic carbocycles. The second kappa shape index (κ2) is 0.852. The van der Waals surface area contributed by atoms with Crippen LogP contribution in [0, 0.1) is 34.5 Å². The van der Waals surface area contributed by atoms with E-state index >= 15 is 0 Å². The molecule has 0 heteroatoms. The van der Waals surface area contributed by atoms with E-state index in [1.807, 2.05) is 0 Å². The lowest BCUT2D eigenvalue weighted by molar-refractivity contribution is 0.348. The quantitative estimate of drug-likeness (QED) is 0.516. The zero-order valence-electron chi connectivity index (χ0n) is 6.72. The molecule has 0 amide bonds. The van der Waals surface area contributed by atoms with Gasteiger partial charge in [-0.25, -0.2) is 0 Å². The fourth-order valence-corrected chi connectivity index (χ4v) is 4.38. The number of rotatable bonds is 1. The van der Waals surface area contributed by atoms with E-state index in [2.05, 4.69) is 13.8 Å². The van der Waals surface area contributed by atoms with Crippen molar-refractivity contribution >= 4 is 0 Å². The first-order chi connectivity index (χ1) is 4.75. The van der Waals surface area contributed by atoms with Gasteiger partial charge in [0.25, 0.3) is 0 Å². The van der Waals surface area contributed by atoms with Crippen molar-refractivity contribution in [1.29, 1.82) is 0 Å². The Hall–Kier alpha value is 0. The Morgan fingerprint density at radius 1 is 0.900 bits per heavy atom. The summed E-state index contributed by atoms with van der Waals surface area (Å²) < 4.78 is 0. The van der Waals surface area contributed by atoms with Crippen LogP contribution in [0.2, 0.25) is 0 Å². The van der Waals surface area contributed by atoms with E-state index in [0.717, 1.165) is 22.7 Å². The molecule has 0 spiro atoms. The third-order valence-corrected chi connectivity index (χ3v) is 5.60. The molecule has 0 heterocycles. The van der Waals surface area contributed by atoms with Crippen molar-refractivity contribution in [2.75, 3.05) is 0 Å². The van der Waals surface area contributed by atoms with E-state index < -0.39 is 0 Å². The molecule has 4 aliphatic rings. The lowest BCUT2D eigenvalue weighted by Crippen LogP contribution is -2.07. The standard InChI is InChI=1S/C10H14/c1-5-7-3-9(5,7)10-4-8(10)6(10)2/h5-8H,3-4H2,1-2H3. The summed E-state index contributed by atoms with van der Waals surface area (Å²) in [6.07, 6.45) is 3.24. The zero-order chi connectivity index (χ0) is 6.72. The zero-order valence-corrected chi connectivity index (χ0v) is 6.72. The summed E-state index contributed by atoms with van der Waals surface area (Å²) in [5.74, 6) is 4.70. The first-order valence-corrected chi connectivity index (χ1v) is 4.75. The minimum Gasteiger partial charge on any atom is -0.0617 e. The van der Waals surface area contributed by atoms with Crippen LogP contribution in [0.4, 0.5) is 0 Å². The molecule has 0 aromatic carbocycles. The molecule has 0 aliphatic heterocycles. The lowest BCUT2D eigenvalue weighted by Gasteiger charge is -2.13. The van der Waals surface area contributed by atoms with E-state index in [1.54, 1.807) is 12.8 Å². The van der Waals surface area contributed by atoms with Gasteiger partial charge in [-0.3, -0.25) is 0 Å². The van der Waals surface area contributed by atoms with Gasteiger partial charge in [0.1, 0.15) is 0 Å². The minimum absolute atomic E-state index is 0.969. The average molecular weight is 134 g/mol. The summed E-state index contributed by atoms with van der Waals surface area (Å²) in [4.78, 5) is 0. The van der Waals surface area contributed by atoms with Crippen LogP contribution in [0.3, 0.4) is 0 Å². The molecule has 0 aromatic rings. The van der Waals surface area contributed by atoms with Crippen LogP contribution in [-0.2, 0) is 0 Å². The Morgan fingerprint density at radius 2 is 1.20 bits per heavy atom. The summed E-state index contributed by atoms with van der Waals surface area (Å²) in [6.45, 7) is 4.95. The van der Waals surface area contributed by atoms with Crippen molar-refractivity contribution in [3.63, 3.8) is 0 Å². The third-order valence-electron chi connectivity index (χ3n) is 5.60. The molecule has 0 bridgehead atoms. The van der Waals surface area contributed by atoms with E-state index in [0.29, 0.717) is 0 Å². The van der Waals surface area contributed by atoms with Gasteiger partial charge in [-0.15, -0.1) is 0 Å². The fraction of sp³-hybridized carbons (Fsp3) is 1.00. The monoisotopic (exact) mass is 134 g/mol. The van der Waals surface area contributed by atoms with Crippen LogP contribution < -0.4 is 0 Å². The summed E-state index contributed by atoms with van der Waals surface area (Å²) in [6, 6.07) is 0. The van der Waals surface area contributed by atoms with Gasteiger partial charge in [-0.1, -0.05) is 13.8 Å². The summed E-state index contributed by atoms with van der Waals surface area (Å²) in [5, 5.41) is 0. The van der Waals surface area contributed by atoms with E-state index in [-0.39, 0.29) is 0 Å². The molecule has 4 fully saturated rings. The summed E-state index contributed by atoms with van der Waals surface area (Å²) in [7, 11) is 0. The predicted molar refractivity (Wildman–Crippen MR) is 39.4 cm³/mol. The SMILES string of the molecule is CC1C2CC12C12CC1C2C. The third kappa shape index (κ3) is 0.212. The van der Waals surface area contributed by atoms with Gasteiger partial charge < -0.3 is 0 Å². The molecule has 4 saturated carbocycles. The maximum atomic E-state index is 2.48. The molecule has 6 unspecified atom stereocenters. The van der Waals surface area contributed by atoms with Crippen molar-refractivity contribution < 1.29 is 0 Å². The Morgan fingerprint density at radius 3 is 1.30 bits per heavy atom. The maximum absolute atomic E-state index is 2.48. The number of hydrogen-bond donors (Lipinski definition) is 0. The van der Waals surface area contributed by atoms with E-state index in [9.17, 15) is 0 Å². The van der Waals surface area contributed by atoms with Gasteiger partial charge in [0, 0.05) is 0 Å². The van der Waals surface area contributed by atoms with Crippen LogP contribution in [-0.4, -0.2) is 0 Å². The molecular weight excluding hydrogens is 120 g/mol. The van der Waals surface area contributed by atoms with Crippen LogP contribution in [0.1, 0.15) is 26.7 Å². The highest BCUT2D eigenvalue weighted by Gasteiger charge is 2.97. The molecule has 0 saturated heterocycles. The Balaban J connectivity index is 1.79. The topological polar surface area (TPSA) is 0 Å². The van der Waals surface area contributed by atoms with Crippen LogP contribution in [0.5, 0.6) is 0 Å². The highest BCUT2D eigenvalue weighted by atomic mass is 15.0. The predicted octanol–water partition coefficient (Wildman–Crippen LogP) is 2.30. The molecule has 0 nitrogen and oxygen atoms in total. The highest BCUT2D eigenvalue weighted by Crippen LogP contribution is 3.02. The van der Waals surface area contributed by atoms with Crippen LogP contribution in [0.15, 0.2) is 0 Å². The fourth-order valence-electron chi connectivity index (χ4n) is 4.38. The highest BCUT2D eigenvalue weighted by molar-refractivity contribution is 5.44. The summed E-state index contributed by atoms with van der Waals surface area (Å²) >= 11 is 0. The van der Waals surface area contributed by atoms with E-state index in [4.69, 9.17) is 0 Å².